The molecule has 0 N–H and O–H groups in total. The molecule has 0 fully saturated rings. The minimum atomic E-state index is -4.50. The van der Waals surface area contributed by atoms with Crippen LogP contribution in [0.2, 0.25) is 0 Å². The minimum Gasteiger partial charge on any atom is -0.298 e. The molecule has 0 spiro atoms. The van der Waals surface area contributed by atoms with Gasteiger partial charge in [0, 0.05) is 38.0 Å². The van der Waals surface area contributed by atoms with E-state index in [1.807, 2.05) is 36.4 Å². The Bertz CT molecular complexity index is 2220. The summed E-state index contributed by atoms with van der Waals surface area (Å²) in [4.78, 5) is 5.00. The molecule has 8 aromatic rings. The van der Waals surface area contributed by atoms with Gasteiger partial charge in [-0.25, -0.2) is 4.98 Å². The quantitative estimate of drug-likeness (QED) is 0.217. The summed E-state index contributed by atoms with van der Waals surface area (Å²) in [6.45, 7) is 0. The van der Waals surface area contributed by atoms with Gasteiger partial charge in [-0.3, -0.25) is 8.97 Å². The van der Waals surface area contributed by atoms with Crippen molar-refractivity contribution in [2.24, 2.45) is 0 Å². The van der Waals surface area contributed by atoms with Crippen molar-refractivity contribution >= 4 is 59.8 Å². The fraction of sp³-hybridized carbons (Fsp3) is 0.0312. The van der Waals surface area contributed by atoms with E-state index in [0.29, 0.717) is 15.3 Å². The van der Waals surface area contributed by atoms with E-state index < -0.39 is 6.30 Å². The average molecular weight is 534 g/mol. The van der Waals surface area contributed by atoms with Crippen LogP contribution in [0.5, 0.6) is 0 Å². The fourth-order valence-electron chi connectivity index (χ4n) is 5.72. The second-order valence-corrected chi connectivity index (χ2v) is 10.5. The Morgan fingerprint density at radius 1 is 0.615 bits per heavy atom. The van der Waals surface area contributed by atoms with Gasteiger partial charge in [-0.1, -0.05) is 66.7 Å². The van der Waals surface area contributed by atoms with Crippen LogP contribution in [0.15, 0.2) is 109 Å². The standard InChI is InChI=1S/C32H18F3N3S/c33-32(34,35)38-28-8-4-1-5-22(28)25-17-21(13-14-29(25)38)19-9-11-20(12-10-19)26-18-37-27-7-3-2-6-23(27)30-24(15-16-39-30)31(37)36-26/h1-18H. The Morgan fingerprint density at radius 2 is 1.28 bits per heavy atom. The molecule has 0 unspecified atom stereocenters. The number of rotatable bonds is 2. The van der Waals surface area contributed by atoms with E-state index in [2.05, 4.69) is 40.2 Å². The molecule has 0 aliphatic heterocycles. The molecule has 39 heavy (non-hydrogen) atoms. The maximum Gasteiger partial charge on any atom is 0.489 e. The lowest BCUT2D eigenvalue weighted by Gasteiger charge is -2.11. The molecule has 0 aliphatic carbocycles. The monoisotopic (exact) mass is 533 g/mol. The van der Waals surface area contributed by atoms with E-state index in [9.17, 15) is 13.2 Å². The predicted octanol–water partition coefficient (Wildman–Crippen LogP) is 9.62. The number of imidazole rings is 1. The van der Waals surface area contributed by atoms with Gasteiger partial charge >= 0.3 is 6.30 Å². The Morgan fingerprint density at radius 3 is 2.08 bits per heavy atom. The highest BCUT2D eigenvalue weighted by molar-refractivity contribution is 7.18. The molecule has 0 saturated heterocycles. The lowest BCUT2D eigenvalue weighted by atomic mass is 10.0. The summed E-state index contributed by atoms with van der Waals surface area (Å²) in [6, 6.07) is 30.3. The number of halogens is 3. The van der Waals surface area contributed by atoms with Crippen molar-refractivity contribution in [2.45, 2.75) is 6.30 Å². The highest BCUT2D eigenvalue weighted by Crippen LogP contribution is 2.39. The molecule has 4 heterocycles. The zero-order valence-electron chi connectivity index (χ0n) is 20.3. The zero-order chi connectivity index (χ0) is 26.3. The molecule has 4 aromatic carbocycles. The molecule has 0 aliphatic rings. The fourth-order valence-corrected chi connectivity index (χ4v) is 6.65. The van der Waals surface area contributed by atoms with Crippen molar-refractivity contribution in [1.29, 1.82) is 0 Å². The molecule has 3 nitrogen and oxygen atoms in total. The van der Waals surface area contributed by atoms with Gasteiger partial charge in [-0.05, 0) is 46.8 Å². The van der Waals surface area contributed by atoms with Gasteiger partial charge in [0.15, 0.2) is 0 Å². The molecule has 0 bridgehead atoms. The number of thiophene rings is 1. The first-order chi connectivity index (χ1) is 19.0. The van der Waals surface area contributed by atoms with Crippen LogP contribution >= 0.6 is 11.3 Å². The Labute approximate surface area is 224 Å². The van der Waals surface area contributed by atoms with Crippen LogP contribution < -0.4 is 0 Å². The minimum absolute atomic E-state index is 0.153. The Kier molecular flexibility index (Phi) is 4.56. The number of para-hydroxylation sites is 2. The topological polar surface area (TPSA) is 22.2 Å². The highest BCUT2D eigenvalue weighted by atomic mass is 32.1. The van der Waals surface area contributed by atoms with E-state index >= 15 is 0 Å². The van der Waals surface area contributed by atoms with Crippen LogP contribution in [-0.2, 0) is 6.30 Å². The van der Waals surface area contributed by atoms with Crippen molar-refractivity contribution in [1.82, 2.24) is 14.0 Å². The van der Waals surface area contributed by atoms with Crippen LogP contribution in [0.3, 0.4) is 0 Å². The second-order valence-electron chi connectivity index (χ2n) is 9.63. The first-order valence-corrected chi connectivity index (χ1v) is 13.3. The van der Waals surface area contributed by atoms with E-state index in [4.69, 9.17) is 4.98 Å². The number of fused-ring (bicyclic) bond motifs is 9. The van der Waals surface area contributed by atoms with Crippen molar-refractivity contribution in [3.05, 3.63) is 109 Å². The van der Waals surface area contributed by atoms with Gasteiger partial charge in [-0.2, -0.15) is 0 Å². The predicted molar refractivity (Wildman–Crippen MR) is 153 cm³/mol. The normalized spacial score (nSPS) is 12.5. The summed E-state index contributed by atoms with van der Waals surface area (Å²) in [7, 11) is 0. The van der Waals surface area contributed by atoms with Gasteiger partial charge < -0.3 is 0 Å². The van der Waals surface area contributed by atoms with Crippen LogP contribution in [-0.4, -0.2) is 14.0 Å². The van der Waals surface area contributed by atoms with Gasteiger partial charge in [-0.15, -0.1) is 24.5 Å². The molecule has 8 rings (SSSR count). The maximum atomic E-state index is 13.9. The molecular formula is C32H18F3N3S. The van der Waals surface area contributed by atoms with Crippen molar-refractivity contribution in [2.75, 3.05) is 0 Å². The molecule has 0 radical (unpaired) electrons. The van der Waals surface area contributed by atoms with Crippen LogP contribution in [0.1, 0.15) is 0 Å². The molecule has 0 atom stereocenters. The summed E-state index contributed by atoms with van der Waals surface area (Å²) < 4.78 is 45.5. The van der Waals surface area contributed by atoms with E-state index in [1.54, 1.807) is 41.7 Å². The third-order valence-electron chi connectivity index (χ3n) is 7.46. The molecule has 0 amide bonds. The first-order valence-electron chi connectivity index (χ1n) is 12.5. The number of benzene rings is 4. The van der Waals surface area contributed by atoms with Crippen molar-refractivity contribution in [3.8, 4) is 22.4 Å². The highest BCUT2D eigenvalue weighted by Gasteiger charge is 2.34. The number of pyridine rings is 1. The summed E-state index contributed by atoms with van der Waals surface area (Å²) in [6.07, 6.45) is -2.43. The third kappa shape index (κ3) is 3.26. The van der Waals surface area contributed by atoms with Crippen LogP contribution in [0, 0.1) is 0 Å². The molecule has 0 saturated carbocycles. The van der Waals surface area contributed by atoms with Gasteiger partial charge in [0.05, 0.1) is 22.2 Å². The van der Waals surface area contributed by atoms with Gasteiger partial charge in [0.2, 0.25) is 0 Å². The summed E-state index contributed by atoms with van der Waals surface area (Å²) in [5.41, 5.74) is 5.99. The van der Waals surface area contributed by atoms with E-state index in [-0.39, 0.29) is 11.0 Å². The van der Waals surface area contributed by atoms with Crippen molar-refractivity contribution in [3.63, 3.8) is 0 Å². The average Bonchev–Trinajstić information content (AvgIpc) is 3.68. The molecule has 4 aromatic heterocycles. The zero-order valence-corrected chi connectivity index (χ0v) is 21.1. The number of alkyl halides is 3. The number of aromatic nitrogens is 3. The van der Waals surface area contributed by atoms with E-state index in [1.165, 1.54) is 16.2 Å². The van der Waals surface area contributed by atoms with E-state index in [0.717, 1.165) is 38.9 Å². The summed E-state index contributed by atoms with van der Waals surface area (Å²) in [5.74, 6) is 0. The van der Waals surface area contributed by atoms with Crippen LogP contribution in [0.4, 0.5) is 13.2 Å². The SMILES string of the molecule is FC(F)(F)n1c2ccccc2c2cc(-c3ccc(-c4cn5c6ccccc6c6sccc6c5n4)cc3)ccc21. The van der Waals surface area contributed by atoms with Gasteiger partial charge in [0.25, 0.3) is 0 Å². The smallest absolute Gasteiger partial charge is 0.298 e. The first kappa shape index (κ1) is 22.4. The van der Waals surface area contributed by atoms with Gasteiger partial charge in [0.1, 0.15) is 5.65 Å². The number of nitrogens with zero attached hydrogens (tertiary/aromatic N) is 3. The largest absolute Gasteiger partial charge is 0.489 e. The van der Waals surface area contributed by atoms with Crippen LogP contribution in [0.25, 0.3) is 70.8 Å². The maximum absolute atomic E-state index is 13.9. The molecule has 7 heteroatoms. The number of hydrogen-bond acceptors (Lipinski definition) is 2. The summed E-state index contributed by atoms with van der Waals surface area (Å²) >= 11 is 1.72. The molecule has 188 valence electrons. The second kappa shape index (κ2) is 7.94. The Balaban J connectivity index is 1.24. The summed E-state index contributed by atoms with van der Waals surface area (Å²) in [5, 5.41) is 5.60. The Hall–Kier alpha value is -4.62. The van der Waals surface area contributed by atoms with Crippen molar-refractivity contribution < 1.29 is 13.2 Å². The lowest BCUT2D eigenvalue weighted by Crippen LogP contribution is -2.15. The number of hydrogen-bond donors (Lipinski definition) is 0. The molecular weight excluding hydrogens is 515 g/mol. The third-order valence-corrected chi connectivity index (χ3v) is 8.41. The lowest BCUT2D eigenvalue weighted by molar-refractivity contribution is -0.197.